The second kappa shape index (κ2) is 6.40. The lowest BCUT2D eigenvalue weighted by molar-refractivity contribution is -0.120. The molecule has 1 aliphatic heterocycles. The van der Waals surface area contributed by atoms with Gasteiger partial charge in [0.25, 0.3) is 0 Å². The van der Waals surface area contributed by atoms with E-state index in [4.69, 9.17) is 5.26 Å². The van der Waals surface area contributed by atoms with Crippen LogP contribution in [-0.2, 0) is 16.9 Å². The predicted octanol–water partition coefficient (Wildman–Crippen LogP) is 2.62. The predicted molar refractivity (Wildman–Crippen MR) is 91.3 cm³/mol. The third-order valence-corrected chi connectivity index (χ3v) is 6.08. The van der Waals surface area contributed by atoms with Gasteiger partial charge in [0.05, 0.1) is 0 Å². The molecule has 3 heterocycles. The summed E-state index contributed by atoms with van der Waals surface area (Å²) in [5.41, 5.74) is 0.602. The van der Waals surface area contributed by atoms with E-state index in [-0.39, 0.29) is 11.4 Å². The van der Waals surface area contributed by atoms with Crippen LogP contribution < -0.4 is 5.32 Å². The summed E-state index contributed by atoms with van der Waals surface area (Å²) in [7, 11) is 0. The Morgan fingerprint density at radius 3 is 3.00 bits per heavy atom. The van der Waals surface area contributed by atoms with Gasteiger partial charge >= 0.3 is 0 Å². The van der Waals surface area contributed by atoms with Gasteiger partial charge in [-0.3, -0.25) is 9.69 Å². The summed E-state index contributed by atoms with van der Waals surface area (Å²) in [6.45, 7) is 5.99. The standard InChI is InChI=1S/C16H18N4OS2/c1-11-9-22-15(18-11)16(19-12(2)21)5-6-20(10-16)8-14-4-3-13(7-17)23-14/h3-4,9H,5-6,8,10H2,1-2H3,(H,19,21). The van der Waals surface area contributed by atoms with Crippen molar-refractivity contribution in [2.75, 3.05) is 13.1 Å². The molecule has 1 saturated heterocycles. The number of hydrogen-bond acceptors (Lipinski definition) is 6. The average molecular weight is 346 g/mol. The number of carbonyl (C=O) groups excluding carboxylic acids is 1. The minimum absolute atomic E-state index is 0.0254. The first kappa shape index (κ1) is 16.1. The van der Waals surface area contributed by atoms with Gasteiger partial charge in [-0.25, -0.2) is 4.98 Å². The first-order valence-electron chi connectivity index (χ1n) is 7.43. The maximum Gasteiger partial charge on any atom is 0.217 e. The number of thiazole rings is 1. The highest BCUT2D eigenvalue weighted by molar-refractivity contribution is 7.12. The highest BCUT2D eigenvalue weighted by Crippen LogP contribution is 2.35. The second-order valence-electron chi connectivity index (χ2n) is 5.90. The lowest BCUT2D eigenvalue weighted by atomic mass is 9.99. The molecule has 0 aliphatic carbocycles. The topological polar surface area (TPSA) is 69.0 Å². The molecule has 5 nitrogen and oxygen atoms in total. The summed E-state index contributed by atoms with van der Waals surface area (Å²) >= 11 is 3.14. The van der Waals surface area contributed by atoms with Gasteiger partial charge in [-0.15, -0.1) is 22.7 Å². The Kier molecular flexibility index (Phi) is 4.48. The maximum atomic E-state index is 11.7. The van der Waals surface area contributed by atoms with Crippen LogP contribution in [-0.4, -0.2) is 28.9 Å². The van der Waals surface area contributed by atoms with Crippen molar-refractivity contribution in [3.05, 3.63) is 38.0 Å². The Bertz CT molecular complexity index is 760. The summed E-state index contributed by atoms with van der Waals surface area (Å²) in [4.78, 5) is 20.6. The van der Waals surface area contributed by atoms with Crippen molar-refractivity contribution in [1.82, 2.24) is 15.2 Å². The molecule has 1 unspecified atom stereocenters. The van der Waals surface area contributed by atoms with E-state index in [1.54, 1.807) is 18.3 Å². The van der Waals surface area contributed by atoms with Gasteiger partial charge in [0.2, 0.25) is 5.91 Å². The lowest BCUT2D eigenvalue weighted by Gasteiger charge is -2.28. The SMILES string of the molecule is CC(=O)NC1(c2nc(C)cs2)CCN(Cc2ccc(C#N)s2)C1. The van der Waals surface area contributed by atoms with E-state index in [0.717, 1.165) is 41.6 Å². The van der Waals surface area contributed by atoms with Crippen molar-refractivity contribution in [2.45, 2.75) is 32.4 Å². The molecule has 7 heteroatoms. The number of hydrogen-bond donors (Lipinski definition) is 1. The fourth-order valence-electron chi connectivity index (χ4n) is 3.01. The molecule has 2 aromatic heterocycles. The minimum Gasteiger partial charge on any atom is -0.343 e. The Balaban J connectivity index is 1.78. The molecule has 0 aromatic carbocycles. The zero-order valence-corrected chi connectivity index (χ0v) is 14.8. The molecule has 0 spiro atoms. The van der Waals surface area contributed by atoms with Crippen LogP contribution in [0.25, 0.3) is 0 Å². The van der Waals surface area contributed by atoms with Crippen LogP contribution in [0.1, 0.15) is 33.8 Å². The van der Waals surface area contributed by atoms with Gasteiger partial charge in [0.1, 0.15) is 21.5 Å². The van der Waals surface area contributed by atoms with Gasteiger partial charge in [-0.1, -0.05) is 0 Å². The number of amides is 1. The van der Waals surface area contributed by atoms with Gasteiger partial charge in [-0.2, -0.15) is 5.26 Å². The third kappa shape index (κ3) is 3.44. The van der Waals surface area contributed by atoms with E-state index < -0.39 is 0 Å². The van der Waals surface area contributed by atoms with Crippen LogP contribution in [0.15, 0.2) is 17.5 Å². The van der Waals surface area contributed by atoms with Gasteiger partial charge in [0, 0.05) is 42.5 Å². The third-order valence-electron chi connectivity index (χ3n) is 3.94. The minimum atomic E-state index is -0.389. The monoisotopic (exact) mass is 346 g/mol. The van der Waals surface area contributed by atoms with E-state index in [0.29, 0.717) is 0 Å². The number of carbonyl (C=O) groups is 1. The number of nitrogens with one attached hydrogen (secondary N) is 1. The summed E-state index contributed by atoms with van der Waals surface area (Å²) < 4.78 is 0. The number of nitriles is 1. The average Bonchev–Trinajstić information content (AvgIpc) is 3.20. The quantitative estimate of drug-likeness (QED) is 0.924. The fourth-order valence-corrected chi connectivity index (χ4v) is 4.83. The fraction of sp³-hybridized carbons (Fsp3) is 0.438. The van der Waals surface area contributed by atoms with Crippen LogP contribution in [0.2, 0.25) is 0 Å². The summed E-state index contributed by atoms with van der Waals surface area (Å²) in [6, 6.07) is 6.05. The molecule has 1 amide bonds. The van der Waals surface area contributed by atoms with E-state index in [1.165, 1.54) is 16.2 Å². The lowest BCUT2D eigenvalue weighted by Crippen LogP contribution is -2.47. The number of thiophene rings is 1. The van der Waals surface area contributed by atoms with Gasteiger partial charge in [0.15, 0.2) is 0 Å². The molecular weight excluding hydrogens is 328 g/mol. The Morgan fingerprint density at radius 2 is 2.39 bits per heavy atom. The second-order valence-corrected chi connectivity index (χ2v) is 7.92. The molecule has 0 radical (unpaired) electrons. The van der Waals surface area contributed by atoms with Crippen molar-refractivity contribution >= 4 is 28.6 Å². The zero-order chi connectivity index (χ0) is 16.4. The van der Waals surface area contributed by atoms with Crippen molar-refractivity contribution in [3.8, 4) is 6.07 Å². The first-order chi connectivity index (χ1) is 11.0. The number of aryl methyl sites for hydroxylation is 1. The number of aromatic nitrogens is 1. The van der Waals surface area contributed by atoms with Crippen molar-refractivity contribution in [2.24, 2.45) is 0 Å². The Morgan fingerprint density at radius 1 is 1.57 bits per heavy atom. The molecule has 3 rings (SSSR count). The molecule has 23 heavy (non-hydrogen) atoms. The Labute approximate surface area is 143 Å². The normalized spacial score (nSPS) is 21.3. The summed E-state index contributed by atoms with van der Waals surface area (Å²) in [6.07, 6.45) is 0.857. The number of rotatable bonds is 4. The van der Waals surface area contributed by atoms with E-state index in [1.807, 2.05) is 24.4 Å². The molecular formula is C16H18N4OS2. The molecule has 120 valence electrons. The zero-order valence-electron chi connectivity index (χ0n) is 13.1. The molecule has 1 atom stereocenters. The molecule has 1 aliphatic rings. The number of nitrogens with zero attached hydrogens (tertiary/aromatic N) is 3. The van der Waals surface area contributed by atoms with Crippen LogP contribution in [0, 0.1) is 18.3 Å². The largest absolute Gasteiger partial charge is 0.343 e. The highest BCUT2D eigenvalue weighted by atomic mass is 32.1. The molecule has 1 fully saturated rings. The van der Waals surface area contributed by atoms with Crippen LogP contribution in [0.4, 0.5) is 0 Å². The van der Waals surface area contributed by atoms with Crippen LogP contribution in [0.3, 0.4) is 0 Å². The van der Waals surface area contributed by atoms with E-state index >= 15 is 0 Å². The molecule has 0 bridgehead atoms. The summed E-state index contributed by atoms with van der Waals surface area (Å²) in [5.74, 6) is -0.0254. The van der Waals surface area contributed by atoms with Crippen LogP contribution >= 0.6 is 22.7 Å². The van der Waals surface area contributed by atoms with E-state index in [2.05, 4.69) is 21.3 Å². The number of likely N-dealkylation sites (tertiary alicyclic amines) is 1. The maximum absolute atomic E-state index is 11.7. The smallest absolute Gasteiger partial charge is 0.217 e. The van der Waals surface area contributed by atoms with Crippen molar-refractivity contribution in [1.29, 1.82) is 5.26 Å². The van der Waals surface area contributed by atoms with Gasteiger partial charge in [-0.05, 0) is 25.5 Å². The Hall–Kier alpha value is -1.75. The van der Waals surface area contributed by atoms with Crippen molar-refractivity contribution in [3.63, 3.8) is 0 Å². The first-order valence-corrected chi connectivity index (χ1v) is 9.13. The summed E-state index contributed by atoms with van der Waals surface area (Å²) in [5, 5.41) is 15.1. The van der Waals surface area contributed by atoms with Crippen LogP contribution in [0.5, 0.6) is 0 Å². The van der Waals surface area contributed by atoms with E-state index in [9.17, 15) is 4.79 Å². The molecule has 0 saturated carbocycles. The molecule has 1 N–H and O–H groups in total. The van der Waals surface area contributed by atoms with Crippen molar-refractivity contribution < 1.29 is 4.79 Å². The van der Waals surface area contributed by atoms with Gasteiger partial charge < -0.3 is 5.32 Å². The molecule has 2 aromatic rings. The highest BCUT2D eigenvalue weighted by Gasteiger charge is 2.42.